The summed E-state index contributed by atoms with van der Waals surface area (Å²) in [5.41, 5.74) is 8.33. The summed E-state index contributed by atoms with van der Waals surface area (Å²) >= 11 is 0. The number of benzene rings is 4. The first-order chi connectivity index (χ1) is 15.7. The van der Waals surface area contributed by atoms with E-state index in [1.807, 2.05) is 0 Å². The highest BCUT2D eigenvalue weighted by molar-refractivity contribution is 5.71. The Morgan fingerprint density at radius 3 is 1.44 bits per heavy atom. The second kappa shape index (κ2) is 9.32. The number of hydrogen-bond acceptors (Lipinski definition) is 2. The Balaban J connectivity index is 1.22. The van der Waals surface area contributed by atoms with Crippen molar-refractivity contribution in [3.8, 4) is 28.0 Å². The molecule has 0 amide bonds. The van der Waals surface area contributed by atoms with Gasteiger partial charge in [0.1, 0.15) is 5.75 Å². The van der Waals surface area contributed by atoms with Gasteiger partial charge in [0.05, 0.1) is 6.10 Å². The van der Waals surface area contributed by atoms with Crippen molar-refractivity contribution in [1.29, 1.82) is 0 Å². The maximum Gasteiger partial charge on any atom is 0.119 e. The fourth-order valence-corrected chi connectivity index (χ4v) is 4.33. The Morgan fingerprint density at radius 1 is 0.562 bits per heavy atom. The van der Waals surface area contributed by atoms with Crippen molar-refractivity contribution in [2.45, 2.75) is 38.7 Å². The molecule has 0 saturated heterocycles. The predicted octanol–water partition coefficient (Wildman–Crippen LogP) is 8.39. The van der Waals surface area contributed by atoms with Crippen LogP contribution >= 0.6 is 0 Å². The fraction of sp³-hybridized carbons (Fsp3) is 0.200. The van der Waals surface area contributed by atoms with Gasteiger partial charge >= 0.3 is 0 Å². The van der Waals surface area contributed by atoms with Crippen molar-refractivity contribution >= 4 is 11.4 Å². The third-order valence-corrected chi connectivity index (χ3v) is 6.24. The van der Waals surface area contributed by atoms with Gasteiger partial charge in [-0.2, -0.15) is 0 Å². The van der Waals surface area contributed by atoms with Crippen molar-refractivity contribution in [1.82, 2.24) is 0 Å². The van der Waals surface area contributed by atoms with Gasteiger partial charge in [-0.25, -0.2) is 0 Å². The second-order valence-electron chi connectivity index (χ2n) is 8.69. The van der Waals surface area contributed by atoms with Gasteiger partial charge in [-0.05, 0) is 91.3 Å². The first-order valence-electron chi connectivity index (χ1n) is 11.5. The lowest BCUT2D eigenvalue weighted by molar-refractivity contribution is 0.210. The average Bonchev–Trinajstić information content (AvgIpc) is 3.34. The molecule has 0 spiro atoms. The molecule has 0 bridgehead atoms. The lowest BCUT2D eigenvalue weighted by Crippen LogP contribution is -2.10. The van der Waals surface area contributed by atoms with E-state index in [9.17, 15) is 0 Å². The molecule has 5 rings (SSSR count). The lowest BCUT2D eigenvalue weighted by atomic mass is 10.0. The smallest absolute Gasteiger partial charge is 0.119 e. The second-order valence-corrected chi connectivity index (χ2v) is 8.69. The summed E-state index contributed by atoms with van der Waals surface area (Å²) in [5.74, 6) is 0.980. The monoisotopic (exact) mass is 419 g/mol. The zero-order valence-corrected chi connectivity index (χ0v) is 18.6. The Kier molecular flexibility index (Phi) is 5.93. The number of aryl methyl sites for hydroxylation is 1. The molecule has 160 valence electrons. The van der Waals surface area contributed by atoms with E-state index < -0.39 is 0 Å². The van der Waals surface area contributed by atoms with Crippen molar-refractivity contribution in [2.24, 2.45) is 0 Å². The van der Waals surface area contributed by atoms with Gasteiger partial charge < -0.3 is 10.1 Å². The molecular weight excluding hydrogens is 390 g/mol. The molecule has 2 nitrogen and oxygen atoms in total. The molecule has 0 aromatic heterocycles. The minimum atomic E-state index is 0.400. The lowest BCUT2D eigenvalue weighted by Gasteiger charge is -2.13. The molecule has 1 aliphatic rings. The molecule has 1 N–H and O–H groups in total. The van der Waals surface area contributed by atoms with Crippen LogP contribution in [0.1, 0.15) is 31.2 Å². The standard InChI is InChI=1S/C30H29NO/c1-22-6-8-23(9-7-22)24-10-16-27(17-11-24)31-28-18-12-25(13-19-28)26-14-20-30(21-15-26)32-29-4-2-3-5-29/h6-21,29,31H,2-5H2,1H3. The molecule has 0 unspecified atom stereocenters. The third-order valence-electron chi connectivity index (χ3n) is 6.24. The molecule has 1 saturated carbocycles. The summed E-state index contributed by atoms with van der Waals surface area (Å²) in [6.07, 6.45) is 5.35. The van der Waals surface area contributed by atoms with Crippen molar-refractivity contribution in [3.63, 3.8) is 0 Å². The summed E-state index contributed by atoms with van der Waals surface area (Å²) in [4.78, 5) is 0. The van der Waals surface area contributed by atoms with Crippen molar-refractivity contribution in [2.75, 3.05) is 5.32 Å². The van der Waals surface area contributed by atoms with Crippen molar-refractivity contribution in [3.05, 3.63) is 103 Å². The van der Waals surface area contributed by atoms with E-state index in [0.29, 0.717) is 6.10 Å². The minimum absolute atomic E-state index is 0.400. The molecule has 1 aliphatic carbocycles. The number of anilines is 2. The van der Waals surface area contributed by atoms with E-state index in [-0.39, 0.29) is 0 Å². The average molecular weight is 420 g/mol. The number of ether oxygens (including phenoxy) is 1. The quantitative estimate of drug-likeness (QED) is 0.339. The van der Waals surface area contributed by atoms with E-state index in [2.05, 4.69) is 109 Å². The zero-order chi connectivity index (χ0) is 21.8. The first kappa shape index (κ1) is 20.4. The molecule has 4 aromatic carbocycles. The minimum Gasteiger partial charge on any atom is -0.490 e. The highest BCUT2D eigenvalue weighted by Gasteiger charge is 2.16. The van der Waals surface area contributed by atoms with Gasteiger partial charge in [0, 0.05) is 11.4 Å². The van der Waals surface area contributed by atoms with Gasteiger partial charge in [-0.3, -0.25) is 0 Å². The van der Waals surface area contributed by atoms with Gasteiger partial charge in [0.2, 0.25) is 0 Å². The SMILES string of the molecule is Cc1ccc(-c2ccc(Nc3ccc(-c4ccc(OC5CCCC5)cc4)cc3)cc2)cc1. The Hall–Kier alpha value is -3.52. The summed E-state index contributed by atoms with van der Waals surface area (Å²) in [5, 5.41) is 3.50. The maximum atomic E-state index is 6.08. The molecule has 1 fully saturated rings. The van der Waals surface area contributed by atoms with Gasteiger partial charge in [-0.15, -0.1) is 0 Å². The Bertz CT molecular complexity index is 1140. The summed E-state index contributed by atoms with van der Waals surface area (Å²) in [6, 6.07) is 34.3. The molecule has 0 radical (unpaired) electrons. The number of hydrogen-bond donors (Lipinski definition) is 1. The van der Waals surface area contributed by atoms with Crippen LogP contribution in [0.15, 0.2) is 97.1 Å². The van der Waals surface area contributed by atoms with Gasteiger partial charge in [0.15, 0.2) is 0 Å². The Labute approximate surface area is 190 Å². The molecule has 32 heavy (non-hydrogen) atoms. The van der Waals surface area contributed by atoms with Crippen LogP contribution in [0.4, 0.5) is 11.4 Å². The van der Waals surface area contributed by atoms with Crippen LogP contribution in [0.3, 0.4) is 0 Å². The number of nitrogens with one attached hydrogen (secondary N) is 1. The summed E-state index contributed by atoms with van der Waals surface area (Å²) < 4.78 is 6.08. The van der Waals surface area contributed by atoms with Crippen LogP contribution in [-0.2, 0) is 0 Å². The molecule has 0 atom stereocenters. The Morgan fingerprint density at radius 2 is 0.969 bits per heavy atom. The van der Waals surface area contributed by atoms with E-state index in [1.54, 1.807) is 0 Å². The van der Waals surface area contributed by atoms with Gasteiger partial charge in [0.25, 0.3) is 0 Å². The summed E-state index contributed by atoms with van der Waals surface area (Å²) in [7, 11) is 0. The van der Waals surface area contributed by atoms with Crippen LogP contribution in [0.5, 0.6) is 5.75 Å². The fourth-order valence-electron chi connectivity index (χ4n) is 4.33. The first-order valence-corrected chi connectivity index (χ1v) is 11.5. The summed E-state index contributed by atoms with van der Waals surface area (Å²) in [6.45, 7) is 2.11. The van der Waals surface area contributed by atoms with E-state index in [1.165, 1.54) is 53.5 Å². The molecule has 0 heterocycles. The van der Waals surface area contributed by atoms with Crippen LogP contribution in [0, 0.1) is 6.92 Å². The topological polar surface area (TPSA) is 21.3 Å². The van der Waals surface area contributed by atoms with Gasteiger partial charge in [-0.1, -0.05) is 66.2 Å². The zero-order valence-electron chi connectivity index (χ0n) is 18.6. The molecular formula is C30H29NO. The van der Waals surface area contributed by atoms with Crippen molar-refractivity contribution < 1.29 is 4.74 Å². The highest BCUT2D eigenvalue weighted by Crippen LogP contribution is 2.28. The molecule has 2 heteroatoms. The maximum absolute atomic E-state index is 6.08. The largest absolute Gasteiger partial charge is 0.490 e. The van der Waals surface area contributed by atoms with E-state index in [0.717, 1.165) is 17.1 Å². The number of rotatable bonds is 6. The highest BCUT2D eigenvalue weighted by atomic mass is 16.5. The molecule has 4 aromatic rings. The van der Waals surface area contributed by atoms with Crippen LogP contribution in [-0.4, -0.2) is 6.10 Å². The third kappa shape index (κ3) is 4.86. The van der Waals surface area contributed by atoms with E-state index in [4.69, 9.17) is 4.74 Å². The van der Waals surface area contributed by atoms with E-state index >= 15 is 0 Å². The predicted molar refractivity (Wildman–Crippen MR) is 135 cm³/mol. The van der Waals surface area contributed by atoms with Crippen LogP contribution in [0.2, 0.25) is 0 Å². The van der Waals surface area contributed by atoms with Crippen LogP contribution in [0.25, 0.3) is 22.3 Å². The van der Waals surface area contributed by atoms with Crippen LogP contribution < -0.4 is 10.1 Å². The molecule has 0 aliphatic heterocycles. The normalized spacial score (nSPS) is 13.8.